The Morgan fingerprint density at radius 3 is 2.08 bits per heavy atom. The molecule has 2 aromatic heterocycles. The summed E-state index contributed by atoms with van der Waals surface area (Å²) in [5.41, 5.74) is -12.3. The largest absolute Gasteiger partial charge is 0.507 e. The van der Waals surface area contributed by atoms with Crippen LogP contribution in [-0.2, 0) is 22.7 Å². The SMILES string of the molecule is [2H]c1nc(-c2cc(-c3cccc4c3nc(-c3cc(C(C([2H])([2H])[2H])(C([2H])([2H])[2H])C([2H])([2H])[2H])cc(C(C([2H])([2H])[2H])(C([2H])([2H])[2H])C([2H])([2H])[2H])c3O)n4-c3ccc(CC(C)C)cc3-c3ccccc3)cc(C(C)(C)C)c2)c([2H])c(-c2c([2H])c([2H])c(C([2H])([2H])[2H])c([2H])c2[2H])c1[2H]. The van der Waals surface area contributed by atoms with Crippen LogP contribution in [0.15, 0.2) is 139 Å². The Morgan fingerprint density at radius 1 is 0.651 bits per heavy atom. The summed E-state index contributed by atoms with van der Waals surface area (Å²) in [4.78, 5) is 9.44. The van der Waals surface area contributed by atoms with E-state index in [2.05, 4.69) is 4.98 Å². The molecule has 2 heterocycles. The zero-order valence-electron chi connectivity index (χ0n) is 63.3. The number of fused-ring (bicyclic) bond motifs is 1. The van der Waals surface area contributed by atoms with Crippen LogP contribution in [0.25, 0.3) is 72.7 Å². The highest BCUT2D eigenvalue weighted by atomic mass is 16.3. The summed E-state index contributed by atoms with van der Waals surface area (Å²) in [6.45, 7) is -18.7. The average molecular weight is 858 g/mol. The minimum absolute atomic E-state index is 0.0472. The van der Waals surface area contributed by atoms with Crippen molar-refractivity contribution in [2.24, 2.45) is 5.92 Å². The molecule has 8 rings (SSSR count). The highest BCUT2D eigenvalue weighted by Crippen LogP contribution is 2.46. The molecule has 0 radical (unpaired) electrons. The first-order chi connectivity index (χ1) is 41.4. The quantitative estimate of drug-likeness (QED) is 0.166. The lowest BCUT2D eigenvalue weighted by atomic mass is 9.79. The Hall–Kier alpha value is -6.26. The van der Waals surface area contributed by atoms with Gasteiger partial charge in [-0.25, -0.2) is 4.98 Å². The highest BCUT2D eigenvalue weighted by Gasteiger charge is 2.29. The van der Waals surface area contributed by atoms with Gasteiger partial charge in [0.15, 0.2) is 0 Å². The molecular weight excluding hydrogens is 767 g/mol. The second kappa shape index (κ2) is 16.5. The van der Waals surface area contributed by atoms with Crippen LogP contribution in [0.5, 0.6) is 5.75 Å². The second-order valence-electron chi connectivity index (χ2n) is 17.2. The van der Waals surface area contributed by atoms with Crippen molar-refractivity contribution in [2.45, 2.75) is 105 Å². The van der Waals surface area contributed by atoms with Crippen LogP contribution in [0.4, 0.5) is 0 Å². The zero-order chi connectivity index (χ0) is 68.6. The van der Waals surface area contributed by atoms with E-state index >= 15 is 0 Å². The number of nitrogens with zero attached hydrogens (tertiary/aromatic N) is 3. The number of phenols is 1. The van der Waals surface area contributed by atoms with Gasteiger partial charge < -0.3 is 5.11 Å². The maximum Gasteiger partial charge on any atom is 0.149 e. The summed E-state index contributed by atoms with van der Waals surface area (Å²) in [7, 11) is 0. The van der Waals surface area contributed by atoms with E-state index in [-0.39, 0.29) is 51.1 Å². The Bertz CT molecular complexity index is 4050. The predicted molar refractivity (Wildman–Crippen MR) is 267 cm³/mol. The minimum Gasteiger partial charge on any atom is -0.507 e. The van der Waals surface area contributed by atoms with Crippen LogP contribution in [0, 0.1) is 12.8 Å². The molecule has 4 heteroatoms. The fourth-order valence-electron chi connectivity index (χ4n) is 7.66. The van der Waals surface area contributed by atoms with Crippen molar-refractivity contribution in [3.05, 3.63) is 167 Å². The third kappa shape index (κ3) is 8.87. The fraction of sp³-hybridized carbons (Fsp3) is 0.288. The molecule has 4 nitrogen and oxygen atoms in total. The van der Waals surface area contributed by atoms with Crippen LogP contribution in [0.1, 0.15) is 142 Å². The molecule has 63 heavy (non-hydrogen) atoms. The molecule has 6 aromatic carbocycles. The summed E-state index contributed by atoms with van der Waals surface area (Å²) in [6, 6.07) is 19.3. The van der Waals surface area contributed by atoms with Crippen molar-refractivity contribution in [2.75, 3.05) is 0 Å². The summed E-state index contributed by atoms with van der Waals surface area (Å²) in [5, 5.41) is 13.1. The number of imidazole rings is 1. The van der Waals surface area contributed by atoms with Crippen molar-refractivity contribution in [3.63, 3.8) is 0 Å². The fourth-order valence-corrected chi connectivity index (χ4v) is 7.66. The van der Waals surface area contributed by atoms with Crippen molar-refractivity contribution in [3.8, 4) is 67.5 Å². The average Bonchev–Trinajstić information content (AvgIpc) is 1.07. The van der Waals surface area contributed by atoms with Gasteiger partial charge in [0.05, 0.1) is 37.6 Å². The molecule has 0 saturated heterocycles. The molecule has 0 amide bonds. The third-order valence-corrected chi connectivity index (χ3v) is 10.8. The van der Waals surface area contributed by atoms with Crippen molar-refractivity contribution < 1.29 is 43.5 Å². The number of phenolic OH excluding ortho intramolecular Hbond substituents is 1. The monoisotopic (exact) mass is 858 g/mol. The lowest BCUT2D eigenvalue weighted by molar-refractivity contribution is 0.446. The van der Waals surface area contributed by atoms with Gasteiger partial charge in [-0.05, 0) is 123 Å². The van der Waals surface area contributed by atoms with Gasteiger partial charge in [0.1, 0.15) is 11.6 Å². The summed E-state index contributed by atoms with van der Waals surface area (Å²) in [6.07, 6.45) is -0.242. The third-order valence-electron chi connectivity index (χ3n) is 10.8. The highest BCUT2D eigenvalue weighted by molar-refractivity contribution is 5.98. The van der Waals surface area contributed by atoms with Crippen LogP contribution in [-0.4, -0.2) is 19.6 Å². The molecule has 0 spiro atoms. The van der Waals surface area contributed by atoms with E-state index in [1.807, 2.05) is 40.7 Å². The first-order valence-electron chi connectivity index (χ1n) is 34.2. The molecule has 0 aliphatic rings. The maximum absolute atomic E-state index is 13.1. The summed E-state index contributed by atoms with van der Waals surface area (Å²) in [5.74, 6) is -1.93. The molecule has 0 atom stereocenters. The van der Waals surface area contributed by atoms with Crippen LogP contribution < -0.4 is 0 Å². The van der Waals surface area contributed by atoms with Crippen LogP contribution in [0.3, 0.4) is 0 Å². The molecule has 0 bridgehead atoms. The van der Waals surface area contributed by atoms with Gasteiger partial charge in [0.2, 0.25) is 0 Å². The Balaban J connectivity index is 1.62. The number of para-hydroxylation sites is 1. The van der Waals surface area contributed by atoms with Crippen molar-refractivity contribution in [1.29, 1.82) is 0 Å². The Morgan fingerprint density at radius 2 is 1.38 bits per heavy atom. The van der Waals surface area contributed by atoms with Gasteiger partial charge in [-0.15, -0.1) is 0 Å². The second-order valence-corrected chi connectivity index (χ2v) is 17.2. The van der Waals surface area contributed by atoms with E-state index in [9.17, 15) is 6.48 Å². The van der Waals surface area contributed by atoms with Gasteiger partial charge in [0, 0.05) is 57.2 Å². The van der Waals surface area contributed by atoms with Gasteiger partial charge in [-0.2, -0.15) is 0 Å². The smallest absolute Gasteiger partial charge is 0.149 e. The Kier molecular flexibility index (Phi) is 5.47. The first-order valence-corrected chi connectivity index (χ1v) is 20.2. The number of rotatable bonds is 8. The van der Waals surface area contributed by atoms with E-state index in [0.717, 1.165) is 5.56 Å². The number of hydrogen-bond donors (Lipinski definition) is 1. The van der Waals surface area contributed by atoms with Crippen molar-refractivity contribution >= 4 is 11.0 Å². The lowest BCUT2D eigenvalue weighted by Crippen LogP contribution is -2.17. The summed E-state index contributed by atoms with van der Waals surface area (Å²) < 4.78 is 246. The Labute approximate surface area is 415 Å². The predicted octanol–water partition coefficient (Wildman–Crippen LogP) is 15.9. The molecule has 0 saturated carbocycles. The molecule has 0 aliphatic heterocycles. The number of pyridine rings is 1. The lowest BCUT2D eigenvalue weighted by Gasteiger charge is -2.27. The van der Waals surface area contributed by atoms with Gasteiger partial charge in [-0.3, -0.25) is 9.55 Å². The van der Waals surface area contributed by atoms with Crippen LogP contribution >= 0.6 is 0 Å². The normalized spacial score (nSPS) is 20.3. The number of aromatic hydroxyl groups is 1. The molecular formula is C59H63N3O. The van der Waals surface area contributed by atoms with E-state index in [1.165, 1.54) is 10.6 Å². The van der Waals surface area contributed by atoms with E-state index < -0.39 is 152 Å². The molecule has 0 fully saturated rings. The first kappa shape index (κ1) is 20.9. The minimum atomic E-state index is -4.24. The van der Waals surface area contributed by atoms with Gasteiger partial charge in [-0.1, -0.05) is 166 Å². The number of aromatic nitrogens is 3. The van der Waals surface area contributed by atoms with E-state index in [0.29, 0.717) is 29.2 Å². The van der Waals surface area contributed by atoms with Crippen LogP contribution in [0.2, 0.25) is 0 Å². The molecule has 0 unspecified atom stereocenters. The summed E-state index contributed by atoms with van der Waals surface area (Å²) >= 11 is 0. The van der Waals surface area contributed by atoms with Gasteiger partial charge >= 0.3 is 0 Å². The van der Waals surface area contributed by atoms with Crippen molar-refractivity contribution in [1.82, 2.24) is 14.5 Å². The molecule has 8 aromatic rings. The number of benzene rings is 6. The standard InChI is InChI=1S/C59H63N3O/c1-37(2)29-39-23-26-52(48(30-39)41-17-14-13-15-18-41)62-53-20-16-19-47(54(53)61-56(62)49-35-46(58(7,8)9)36-50(55(49)63)59(10,11)12)43-31-44(33-45(32-43)57(4,5)6)51-34-42(27-28-60-51)40-24-21-38(3)22-25-40/h13-28,30-37,63H,29H2,1-12H3/i3D3,7D3,8D3,9D3,10D3,11D3,12D3,21D,22D,24D,25D,27D,28D,34D. The van der Waals surface area contributed by atoms with E-state index in [4.69, 9.17) is 42.0 Å². The molecule has 320 valence electrons. The topological polar surface area (TPSA) is 50.9 Å². The van der Waals surface area contributed by atoms with Gasteiger partial charge in [0.25, 0.3) is 0 Å². The zero-order valence-corrected chi connectivity index (χ0v) is 35.3. The maximum atomic E-state index is 13.1. The molecule has 0 aliphatic carbocycles. The van der Waals surface area contributed by atoms with E-state index in [1.54, 1.807) is 72.8 Å². The molecule has 1 N–H and O–H groups in total. The number of hydrogen-bond acceptors (Lipinski definition) is 3.